The summed E-state index contributed by atoms with van der Waals surface area (Å²) in [6.07, 6.45) is 4.25. The van der Waals surface area contributed by atoms with Crippen molar-refractivity contribution in [3.8, 4) is 23.0 Å². The van der Waals surface area contributed by atoms with E-state index in [4.69, 9.17) is 23.7 Å². The Labute approximate surface area is 528 Å². The van der Waals surface area contributed by atoms with E-state index in [1.54, 1.807) is 89.5 Å². The summed E-state index contributed by atoms with van der Waals surface area (Å²) in [6, 6.07) is 26.4. The number of methoxy groups -OCH3 is 4. The molecule has 2 fully saturated rings. The molecule has 0 saturated carbocycles. The summed E-state index contributed by atoms with van der Waals surface area (Å²) in [5, 5.41) is 3.40. The quantitative estimate of drug-likeness (QED) is 0.0474. The molecule has 2 aromatic heterocycles. The number of piperidine rings is 1. The topological polar surface area (TPSA) is 240 Å². The van der Waals surface area contributed by atoms with Crippen molar-refractivity contribution in [2.75, 3.05) is 90.6 Å². The Balaban J connectivity index is 0.000000228. The number of thiophene rings is 2. The first-order valence-electron chi connectivity index (χ1n) is 28.7. The number of sulfonamides is 2. The Hall–Kier alpha value is -7.26. The standard InChI is InChI=1S/C33H40N4O8S2.C29H33N3O6S2.ClH/c1-33(2,3)45-32(40)36-18-16-35(17-19-36)25-10-6-9-23-29(25)31(39)37(30(23)38)24(22-13-14-26(43-4)27(21-22)44-5)11-7-15-34-47(41,42)28-12-8-20-46-28;1-37-24-14-13-20(19-25(24)38-2)22(11-7-15-30-40(35,36)26-12-8-18-39-26)32-28(33)21-9-6-10-23(27(21)29(32)34)31-16-4-3-5-17-31;/h6,8-10,12-14,20-21,24,34H,7,11,15-19H2,1-5H3;6,8-10,12-14,18-19,22,30H,3-5,7,11,15-17H2,1-2H3;1H/t24-;22-;/m11./s1. The fraction of sp³-hybridized carbons (Fsp3) is 0.403. The Kier molecular flexibility index (Phi) is 21.9. The number of halogens is 1. The zero-order chi connectivity index (χ0) is 62.2. The van der Waals surface area contributed by atoms with Gasteiger partial charge in [0.1, 0.15) is 14.0 Å². The molecule has 2 atom stereocenters. The number of amides is 5. The first-order valence-corrected chi connectivity index (χ1v) is 33.4. The van der Waals surface area contributed by atoms with Crippen molar-refractivity contribution in [3.63, 3.8) is 0 Å². The lowest BCUT2D eigenvalue weighted by Crippen LogP contribution is -2.50. The van der Waals surface area contributed by atoms with Gasteiger partial charge < -0.3 is 38.4 Å². The Morgan fingerprint density at radius 3 is 1.34 bits per heavy atom. The van der Waals surface area contributed by atoms with Crippen molar-refractivity contribution in [3.05, 3.63) is 141 Å². The van der Waals surface area contributed by atoms with Crippen LogP contribution in [0.5, 0.6) is 23.0 Å². The Bertz CT molecular complexity index is 3700. The highest BCUT2D eigenvalue weighted by Crippen LogP contribution is 2.43. The van der Waals surface area contributed by atoms with E-state index in [1.165, 1.54) is 37.2 Å². The molecule has 0 bridgehead atoms. The summed E-state index contributed by atoms with van der Waals surface area (Å²) in [7, 11) is -1.19. The highest BCUT2D eigenvalue weighted by Gasteiger charge is 2.45. The van der Waals surface area contributed by atoms with Gasteiger partial charge in [0.15, 0.2) is 23.0 Å². The number of carbonyl (C=O) groups is 5. The molecule has 88 heavy (non-hydrogen) atoms. The summed E-state index contributed by atoms with van der Waals surface area (Å²) in [4.78, 5) is 77.2. The van der Waals surface area contributed by atoms with E-state index >= 15 is 0 Å². The Morgan fingerprint density at radius 2 is 0.955 bits per heavy atom. The average molecular weight is 1310 g/mol. The van der Waals surface area contributed by atoms with Crippen molar-refractivity contribution in [1.82, 2.24) is 24.1 Å². The van der Waals surface area contributed by atoms with Crippen LogP contribution in [0, 0.1) is 0 Å². The van der Waals surface area contributed by atoms with E-state index in [9.17, 15) is 40.8 Å². The molecule has 21 nitrogen and oxygen atoms in total. The maximum Gasteiger partial charge on any atom is 0.410 e. The van der Waals surface area contributed by atoms with Crippen LogP contribution < -0.4 is 38.2 Å². The van der Waals surface area contributed by atoms with Crippen molar-refractivity contribution >= 4 is 96.2 Å². The number of piperazine rings is 1. The van der Waals surface area contributed by atoms with Crippen LogP contribution >= 0.6 is 35.1 Å². The lowest BCUT2D eigenvalue weighted by atomic mass is 9.99. The minimum absolute atomic E-state index is 0. The van der Waals surface area contributed by atoms with Crippen LogP contribution in [0.1, 0.15) is 130 Å². The molecule has 4 aliphatic heterocycles. The van der Waals surface area contributed by atoms with Gasteiger partial charge in [-0.2, -0.15) is 0 Å². The van der Waals surface area contributed by atoms with Crippen molar-refractivity contribution in [2.24, 2.45) is 0 Å². The molecular formula is C62H74ClN7O14S4. The van der Waals surface area contributed by atoms with Gasteiger partial charge in [0.2, 0.25) is 20.0 Å². The highest BCUT2D eigenvalue weighted by atomic mass is 35.5. The van der Waals surface area contributed by atoms with E-state index in [1.807, 2.05) is 49.9 Å². The van der Waals surface area contributed by atoms with Crippen LogP contribution in [0.2, 0.25) is 0 Å². The number of fused-ring (bicyclic) bond motifs is 2. The van der Waals surface area contributed by atoms with Gasteiger partial charge in [0, 0.05) is 52.4 Å². The van der Waals surface area contributed by atoms with Crippen LogP contribution in [0.4, 0.5) is 16.2 Å². The number of benzene rings is 4. The molecule has 6 aromatic rings. The molecule has 2 N–H and O–H groups in total. The van der Waals surface area contributed by atoms with Gasteiger partial charge in [-0.15, -0.1) is 35.1 Å². The predicted octanol–water partition coefficient (Wildman–Crippen LogP) is 10.2. The Morgan fingerprint density at radius 1 is 0.534 bits per heavy atom. The normalized spacial score (nSPS) is 15.9. The van der Waals surface area contributed by atoms with Gasteiger partial charge in [0.05, 0.1) is 74.2 Å². The summed E-state index contributed by atoms with van der Waals surface area (Å²) < 4.78 is 83.7. The number of nitrogens with zero attached hydrogens (tertiary/aromatic N) is 5. The van der Waals surface area contributed by atoms with Crippen molar-refractivity contribution in [2.45, 2.75) is 91.8 Å². The zero-order valence-electron chi connectivity index (χ0n) is 50.1. The molecule has 0 unspecified atom stereocenters. The fourth-order valence-corrected chi connectivity index (χ4v) is 15.5. The second-order valence-electron chi connectivity index (χ2n) is 22.1. The largest absolute Gasteiger partial charge is 0.493 e. The lowest BCUT2D eigenvalue weighted by Gasteiger charge is -2.37. The molecule has 2 saturated heterocycles. The minimum Gasteiger partial charge on any atom is -0.493 e. The van der Waals surface area contributed by atoms with E-state index in [-0.39, 0.29) is 58.2 Å². The third-order valence-corrected chi connectivity index (χ3v) is 21.2. The molecule has 0 spiro atoms. The van der Waals surface area contributed by atoms with E-state index in [2.05, 4.69) is 14.3 Å². The van der Waals surface area contributed by atoms with Crippen LogP contribution in [-0.2, 0) is 24.8 Å². The van der Waals surface area contributed by atoms with Crippen LogP contribution in [0.25, 0.3) is 0 Å². The third-order valence-electron chi connectivity index (χ3n) is 15.4. The number of hydrogen-bond donors (Lipinski definition) is 2. The highest BCUT2D eigenvalue weighted by molar-refractivity contribution is 7.91. The number of nitrogens with one attached hydrogen (secondary N) is 2. The number of hydrogen-bond acceptors (Lipinski definition) is 18. The van der Waals surface area contributed by atoms with E-state index < -0.39 is 49.5 Å². The molecule has 26 heteroatoms. The fourth-order valence-electron chi connectivity index (χ4n) is 11.2. The molecule has 5 amide bonds. The van der Waals surface area contributed by atoms with Crippen LogP contribution in [0.3, 0.4) is 0 Å². The molecule has 0 aliphatic carbocycles. The second-order valence-corrected chi connectivity index (χ2v) is 27.9. The second kappa shape index (κ2) is 28.9. The van der Waals surface area contributed by atoms with Gasteiger partial charge in [-0.3, -0.25) is 29.0 Å². The lowest BCUT2D eigenvalue weighted by molar-refractivity contribution is 0.0239. The summed E-state index contributed by atoms with van der Waals surface area (Å²) in [6.45, 7) is 9.15. The van der Waals surface area contributed by atoms with E-state index in [0.29, 0.717) is 108 Å². The van der Waals surface area contributed by atoms with Gasteiger partial charge >= 0.3 is 6.09 Å². The first-order chi connectivity index (χ1) is 41.7. The SMILES string of the molecule is COc1ccc([C@@H](CCCNS(=O)(=O)c2cccs2)N2C(=O)c3cccc(N4CCCCC4)c3C2=O)cc1OC.COc1ccc([C@@H](CCCNS(=O)(=O)c2cccs2)N2C(=O)c3cccc(N4CCN(C(=O)OC(C)(C)C)CC4)c3C2=O)cc1OC.Cl. The summed E-state index contributed by atoms with van der Waals surface area (Å²) >= 11 is 2.27. The van der Waals surface area contributed by atoms with Gasteiger partial charge in [-0.25, -0.2) is 31.1 Å². The minimum atomic E-state index is -3.67. The van der Waals surface area contributed by atoms with Crippen molar-refractivity contribution < 1.29 is 64.5 Å². The summed E-state index contributed by atoms with van der Waals surface area (Å²) in [5.41, 5.74) is 3.62. The third kappa shape index (κ3) is 14.7. The number of carbonyl (C=O) groups excluding carboxylic acids is 5. The first kappa shape index (κ1) is 66.7. The number of anilines is 2. The molecule has 10 rings (SSSR count). The van der Waals surface area contributed by atoms with Gasteiger partial charge in [0.25, 0.3) is 23.6 Å². The van der Waals surface area contributed by atoms with Gasteiger partial charge in [-0.05, 0) is 148 Å². The molecular weight excluding hydrogens is 1230 g/mol. The molecule has 0 radical (unpaired) electrons. The predicted molar refractivity (Wildman–Crippen MR) is 339 cm³/mol. The van der Waals surface area contributed by atoms with Crippen molar-refractivity contribution in [1.29, 1.82) is 0 Å². The summed E-state index contributed by atoms with van der Waals surface area (Å²) in [5.74, 6) is 0.394. The average Bonchev–Trinajstić information content (AvgIpc) is 1.81. The monoisotopic (exact) mass is 1300 g/mol. The maximum atomic E-state index is 14.3. The van der Waals surface area contributed by atoms with Crippen LogP contribution in [0.15, 0.2) is 116 Å². The number of imide groups is 2. The van der Waals surface area contributed by atoms with Gasteiger partial charge in [-0.1, -0.05) is 36.4 Å². The number of ether oxygens (including phenoxy) is 5. The molecule has 472 valence electrons. The smallest absolute Gasteiger partial charge is 0.410 e. The molecule has 4 aromatic carbocycles. The molecule has 4 aliphatic rings. The zero-order valence-corrected chi connectivity index (χ0v) is 54.2. The molecule has 6 heterocycles. The maximum absolute atomic E-state index is 14.3. The van der Waals surface area contributed by atoms with E-state index in [0.717, 1.165) is 60.7 Å². The number of rotatable bonds is 22. The van der Waals surface area contributed by atoms with Crippen LogP contribution in [-0.4, -0.2) is 148 Å².